The Hall–Kier alpha value is -2.04. The molecule has 5 heteroatoms. The topological polar surface area (TPSA) is 64.6 Å². The first-order chi connectivity index (χ1) is 11.0. The number of hydrogen-bond acceptors (Lipinski definition) is 4. The van der Waals surface area contributed by atoms with Crippen LogP contribution in [0.15, 0.2) is 24.3 Å². The van der Waals surface area contributed by atoms with Crippen molar-refractivity contribution in [1.82, 2.24) is 5.32 Å². The van der Waals surface area contributed by atoms with Crippen LogP contribution in [0.2, 0.25) is 0 Å². The minimum atomic E-state index is -0.543. The van der Waals surface area contributed by atoms with Gasteiger partial charge in [-0.1, -0.05) is 31.9 Å². The molecular formula is C18H25NO4. The fraction of sp³-hybridized carbons (Fsp3) is 0.556. The fourth-order valence-corrected chi connectivity index (χ4v) is 2.81. The molecule has 0 unspecified atom stereocenters. The average Bonchev–Trinajstić information content (AvgIpc) is 2.53. The van der Waals surface area contributed by atoms with E-state index in [0.717, 1.165) is 24.8 Å². The van der Waals surface area contributed by atoms with Crippen molar-refractivity contribution in [2.75, 3.05) is 13.2 Å². The van der Waals surface area contributed by atoms with E-state index in [2.05, 4.69) is 12.2 Å². The molecule has 1 aliphatic carbocycles. The van der Waals surface area contributed by atoms with Crippen molar-refractivity contribution in [1.29, 1.82) is 0 Å². The number of rotatable bonds is 6. The minimum Gasteiger partial charge on any atom is -0.482 e. The van der Waals surface area contributed by atoms with Crippen LogP contribution in [0.4, 0.5) is 0 Å². The Morgan fingerprint density at radius 3 is 2.74 bits per heavy atom. The SMILES string of the molecule is Cc1cccc(OCC(=O)OCC(=O)N[C@H]2CCCC[C@@H]2C)c1. The van der Waals surface area contributed by atoms with Crippen molar-refractivity contribution in [2.24, 2.45) is 5.92 Å². The lowest BCUT2D eigenvalue weighted by Gasteiger charge is -2.29. The van der Waals surface area contributed by atoms with Gasteiger partial charge in [0.1, 0.15) is 5.75 Å². The quantitative estimate of drug-likeness (QED) is 0.819. The Morgan fingerprint density at radius 2 is 2.00 bits per heavy atom. The molecule has 0 radical (unpaired) electrons. The first-order valence-corrected chi connectivity index (χ1v) is 8.19. The Bertz CT molecular complexity index is 544. The molecule has 0 spiro atoms. The summed E-state index contributed by atoms with van der Waals surface area (Å²) < 4.78 is 10.3. The average molecular weight is 319 g/mol. The van der Waals surface area contributed by atoms with Crippen molar-refractivity contribution >= 4 is 11.9 Å². The summed E-state index contributed by atoms with van der Waals surface area (Å²) in [6.07, 6.45) is 4.49. The third-order valence-electron chi connectivity index (χ3n) is 4.17. The number of hydrogen-bond donors (Lipinski definition) is 1. The van der Waals surface area contributed by atoms with Crippen LogP contribution in [0.3, 0.4) is 0 Å². The van der Waals surface area contributed by atoms with Gasteiger partial charge in [0.2, 0.25) is 0 Å². The molecule has 0 aromatic heterocycles. The summed E-state index contributed by atoms with van der Waals surface area (Å²) in [6.45, 7) is 3.64. The number of aryl methyl sites for hydroxylation is 1. The second-order valence-electron chi connectivity index (χ2n) is 6.20. The zero-order chi connectivity index (χ0) is 16.7. The van der Waals surface area contributed by atoms with Gasteiger partial charge in [-0.25, -0.2) is 4.79 Å². The Kier molecular flexibility index (Phi) is 6.44. The smallest absolute Gasteiger partial charge is 0.344 e. The number of carbonyl (C=O) groups is 2. The maximum atomic E-state index is 11.9. The van der Waals surface area contributed by atoms with Crippen molar-refractivity contribution in [3.05, 3.63) is 29.8 Å². The summed E-state index contributed by atoms with van der Waals surface area (Å²) in [5.41, 5.74) is 1.05. The second-order valence-corrected chi connectivity index (χ2v) is 6.20. The van der Waals surface area contributed by atoms with E-state index in [1.807, 2.05) is 25.1 Å². The van der Waals surface area contributed by atoms with Crippen LogP contribution in [0.1, 0.15) is 38.2 Å². The molecule has 2 atom stereocenters. The molecule has 1 aromatic carbocycles. The molecule has 5 nitrogen and oxygen atoms in total. The molecular weight excluding hydrogens is 294 g/mol. The maximum Gasteiger partial charge on any atom is 0.344 e. The van der Waals surface area contributed by atoms with Crippen molar-refractivity contribution in [2.45, 2.75) is 45.6 Å². The number of amides is 1. The number of benzene rings is 1. The highest BCUT2D eigenvalue weighted by atomic mass is 16.6. The van der Waals surface area contributed by atoms with Crippen LogP contribution in [0.5, 0.6) is 5.75 Å². The van der Waals surface area contributed by atoms with Gasteiger partial charge in [0, 0.05) is 6.04 Å². The molecule has 1 amide bonds. The number of ether oxygens (including phenoxy) is 2. The zero-order valence-corrected chi connectivity index (χ0v) is 13.8. The lowest BCUT2D eigenvalue weighted by Crippen LogP contribution is -2.43. The molecule has 1 N–H and O–H groups in total. The molecule has 0 bridgehead atoms. The second kappa shape index (κ2) is 8.56. The first kappa shape index (κ1) is 17.3. The molecule has 2 rings (SSSR count). The van der Waals surface area contributed by atoms with Gasteiger partial charge in [0.25, 0.3) is 5.91 Å². The van der Waals surface area contributed by atoms with Gasteiger partial charge in [-0.2, -0.15) is 0 Å². The van der Waals surface area contributed by atoms with Crippen LogP contribution >= 0.6 is 0 Å². The summed E-state index contributed by atoms with van der Waals surface area (Å²) >= 11 is 0. The Balaban J connectivity index is 1.66. The highest BCUT2D eigenvalue weighted by molar-refractivity contribution is 5.81. The molecule has 0 saturated heterocycles. The van der Waals surface area contributed by atoms with Crippen molar-refractivity contribution in [3.8, 4) is 5.75 Å². The van der Waals surface area contributed by atoms with Crippen molar-refractivity contribution in [3.63, 3.8) is 0 Å². The number of nitrogens with one attached hydrogen (secondary N) is 1. The predicted octanol–water partition coefficient (Wildman–Crippen LogP) is 2.61. The van der Waals surface area contributed by atoms with Crippen LogP contribution in [-0.4, -0.2) is 31.1 Å². The van der Waals surface area contributed by atoms with E-state index in [0.29, 0.717) is 11.7 Å². The predicted molar refractivity (Wildman–Crippen MR) is 87.2 cm³/mol. The Morgan fingerprint density at radius 1 is 1.22 bits per heavy atom. The Labute approximate surface area is 137 Å². The molecule has 1 aliphatic rings. The van der Waals surface area contributed by atoms with E-state index in [-0.39, 0.29) is 25.2 Å². The summed E-state index contributed by atoms with van der Waals surface area (Å²) in [4.78, 5) is 23.5. The molecule has 23 heavy (non-hydrogen) atoms. The highest BCUT2D eigenvalue weighted by Gasteiger charge is 2.23. The normalized spacial score (nSPS) is 20.6. The molecule has 0 aliphatic heterocycles. The standard InChI is InChI=1S/C18H25NO4/c1-13-6-5-8-15(10-13)22-12-18(21)23-11-17(20)19-16-9-4-3-7-14(16)2/h5-6,8,10,14,16H,3-4,7,9,11-12H2,1-2H3,(H,19,20)/t14-,16-/m0/s1. The van der Waals surface area contributed by atoms with E-state index in [1.54, 1.807) is 6.07 Å². The maximum absolute atomic E-state index is 11.9. The molecule has 126 valence electrons. The van der Waals surface area contributed by atoms with Gasteiger partial charge in [-0.15, -0.1) is 0 Å². The van der Waals surface area contributed by atoms with Gasteiger partial charge in [-0.3, -0.25) is 4.79 Å². The molecule has 0 heterocycles. The van der Waals surface area contributed by atoms with E-state index in [9.17, 15) is 9.59 Å². The minimum absolute atomic E-state index is 0.193. The number of esters is 1. The van der Waals surface area contributed by atoms with E-state index < -0.39 is 5.97 Å². The van der Waals surface area contributed by atoms with Gasteiger partial charge >= 0.3 is 5.97 Å². The van der Waals surface area contributed by atoms with Gasteiger partial charge in [0.15, 0.2) is 13.2 Å². The summed E-state index contributed by atoms with van der Waals surface area (Å²) in [5, 5.41) is 2.95. The van der Waals surface area contributed by atoms with Gasteiger partial charge in [0.05, 0.1) is 0 Å². The zero-order valence-electron chi connectivity index (χ0n) is 13.8. The van der Waals surface area contributed by atoms with Gasteiger partial charge in [-0.05, 0) is 43.4 Å². The largest absolute Gasteiger partial charge is 0.482 e. The fourth-order valence-electron chi connectivity index (χ4n) is 2.81. The van der Waals surface area contributed by atoms with Crippen LogP contribution < -0.4 is 10.1 Å². The van der Waals surface area contributed by atoms with E-state index in [1.165, 1.54) is 6.42 Å². The van der Waals surface area contributed by atoms with E-state index in [4.69, 9.17) is 9.47 Å². The van der Waals surface area contributed by atoms with Gasteiger partial charge < -0.3 is 14.8 Å². The molecule has 1 fully saturated rings. The molecule has 1 aromatic rings. The third kappa shape index (κ3) is 5.93. The third-order valence-corrected chi connectivity index (χ3v) is 4.17. The van der Waals surface area contributed by atoms with E-state index >= 15 is 0 Å². The lowest BCUT2D eigenvalue weighted by atomic mass is 9.86. The van der Waals surface area contributed by atoms with Crippen LogP contribution in [-0.2, 0) is 14.3 Å². The van der Waals surface area contributed by atoms with Crippen molar-refractivity contribution < 1.29 is 19.1 Å². The summed E-state index contributed by atoms with van der Waals surface area (Å²) in [7, 11) is 0. The monoisotopic (exact) mass is 319 g/mol. The highest BCUT2D eigenvalue weighted by Crippen LogP contribution is 2.23. The summed E-state index contributed by atoms with van der Waals surface area (Å²) in [5.74, 6) is 0.307. The summed E-state index contributed by atoms with van der Waals surface area (Å²) in [6, 6.07) is 7.61. The van der Waals surface area contributed by atoms with Crippen LogP contribution in [0, 0.1) is 12.8 Å². The number of carbonyl (C=O) groups excluding carboxylic acids is 2. The van der Waals surface area contributed by atoms with Crippen LogP contribution in [0.25, 0.3) is 0 Å². The lowest BCUT2D eigenvalue weighted by molar-refractivity contribution is -0.150. The first-order valence-electron chi connectivity index (χ1n) is 8.19. The molecule has 1 saturated carbocycles.